The van der Waals surface area contributed by atoms with Crippen LogP contribution in [0, 0.1) is 0 Å². The van der Waals surface area contributed by atoms with E-state index in [-0.39, 0.29) is 5.76 Å². The molecule has 1 aromatic carbocycles. The van der Waals surface area contributed by atoms with E-state index in [0.29, 0.717) is 18.2 Å². The highest BCUT2D eigenvalue weighted by Gasteiger charge is 2.19. The van der Waals surface area contributed by atoms with Crippen LogP contribution in [0.4, 0.5) is 0 Å². The molecular weight excluding hydrogens is 242 g/mol. The van der Waals surface area contributed by atoms with Crippen LogP contribution in [-0.2, 0) is 6.54 Å². The highest BCUT2D eigenvalue weighted by atomic mass is 16.4. The van der Waals surface area contributed by atoms with Gasteiger partial charge in [0.1, 0.15) is 5.58 Å². The van der Waals surface area contributed by atoms with Gasteiger partial charge in [0.25, 0.3) is 0 Å². The third-order valence-electron chi connectivity index (χ3n) is 3.24. The summed E-state index contributed by atoms with van der Waals surface area (Å²) in [5.41, 5.74) is 1.35. The summed E-state index contributed by atoms with van der Waals surface area (Å²) in [5, 5.41) is 13.4. The van der Waals surface area contributed by atoms with E-state index in [4.69, 9.17) is 4.42 Å². The maximum absolute atomic E-state index is 11.2. The first-order valence-corrected chi connectivity index (χ1v) is 6.60. The first kappa shape index (κ1) is 13.6. The maximum atomic E-state index is 11.2. The van der Waals surface area contributed by atoms with Crippen LogP contribution in [0.5, 0.6) is 0 Å². The number of carboxylic acids is 1. The summed E-state index contributed by atoms with van der Waals surface area (Å²) in [4.78, 5) is 11.2. The van der Waals surface area contributed by atoms with Crippen molar-refractivity contribution in [3.8, 4) is 0 Å². The third-order valence-corrected chi connectivity index (χ3v) is 3.24. The Labute approximate surface area is 112 Å². The normalized spacial score (nSPS) is 12.7. The van der Waals surface area contributed by atoms with Crippen LogP contribution in [0.15, 0.2) is 28.7 Å². The number of furan rings is 1. The number of benzene rings is 1. The molecule has 0 radical (unpaired) electrons. The zero-order valence-electron chi connectivity index (χ0n) is 11.3. The second kappa shape index (κ2) is 5.89. The van der Waals surface area contributed by atoms with Crippen molar-refractivity contribution >= 4 is 16.9 Å². The summed E-state index contributed by atoms with van der Waals surface area (Å²) < 4.78 is 5.41. The van der Waals surface area contributed by atoms with Crippen molar-refractivity contribution in [1.82, 2.24) is 5.32 Å². The molecule has 0 bridgehead atoms. The van der Waals surface area contributed by atoms with Gasteiger partial charge in [0, 0.05) is 23.5 Å². The lowest BCUT2D eigenvalue weighted by Crippen LogP contribution is -2.25. The van der Waals surface area contributed by atoms with Gasteiger partial charge in [-0.2, -0.15) is 0 Å². The van der Waals surface area contributed by atoms with Crippen molar-refractivity contribution in [2.24, 2.45) is 0 Å². The van der Waals surface area contributed by atoms with Crippen LogP contribution in [0.25, 0.3) is 11.0 Å². The fourth-order valence-electron chi connectivity index (χ4n) is 2.26. The Morgan fingerprint density at radius 3 is 2.84 bits per heavy atom. The molecule has 2 rings (SSSR count). The van der Waals surface area contributed by atoms with E-state index in [1.807, 2.05) is 18.2 Å². The largest absolute Gasteiger partial charge is 0.475 e. The van der Waals surface area contributed by atoms with Crippen LogP contribution in [0.2, 0.25) is 0 Å². The molecular formula is C15H19NO3. The second-order valence-electron chi connectivity index (χ2n) is 4.78. The molecule has 0 saturated carbocycles. The van der Waals surface area contributed by atoms with Crippen LogP contribution < -0.4 is 5.32 Å². The molecule has 2 N–H and O–H groups in total. The first-order chi connectivity index (χ1) is 9.13. The third kappa shape index (κ3) is 2.96. The lowest BCUT2D eigenvalue weighted by Gasteiger charge is -2.12. The summed E-state index contributed by atoms with van der Waals surface area (Å²) in [7, 11) is 0. The lowest BCUT2D eigenvalue weighted by molar-refractivity contribution is 0.0663. The van der Waals surface area contributed by atoms with E-state index < -0.39 is 5.97 Å². The molecule has 1 aromatic heterocycles. The number of aromatic carboxylic acids is 1. The van der Waals surface area contributed by atoms with Crippen molar-refractivity contribution < 1.29 is 14.3 Å². The van der Waals surface area contributed by atoms with E-state index >= 15 is 0 Å². The fraction of sp³-hybridized carbons (Fsp3) is 0.400. The number of hydrogen-bond acceptors (Lipinski definition) is 3. The van der Waals surface area contributed by atoms with Gasteiger partial charge < -0.3 is 14.8 Å². The Morgan fingerprint density at radius 2 is 2.16 bits per heavy atom. The first-order valence-electron chi connectivity index (χ1n) is 6.60. The minimum Gasteiger partial charge on any atom is -0.475 e. The van der Waals surface area contributed by atoms with Gasteiger partial charge in [-0.1, -0.05) is 31.5 Å². The number of hydrogen-bond donors (Lipinski definition) is 2. The smallest absolute Gasteiger partial charge is 0.372 e. The molecule has 0 aliphatic carbocycles. The zero-order valence-corrected chi connectivity index (χ0v) is 11.3. The molecule has 102 valence electrons. The summed E-state index contributed by atoms with van der Waals surface area (Å²) >= 11 is 0. The second-order valence-corrected chi connectivity index (χ2v) is 4.78. The molecule has 1 heterocycles. The molecule has 4 nitrogen and oxygen atoms in total. The average Bonchev–Trinajstić information content (AvgIpc) is 2.75. The predicted molar refractivity (Wildman–Crippen MR) is 74.4 cm³/mol. The molecule has 0 fully saturated rings. The van der Waals surface area contributed by atoms with Gasteiger partial charge in [0.05, 0.1) is 0 Å². The summed E-state index contributed by atoms with van der Waals surface area (Å²) in [6.45, 7) is 4.75. The lowest BCUT2D eigenvalue weighted by atomic mass is 10.1. The van der Waals surface area contributed by atoms with Crippen molar-refractivity contribution in [3.63, 3.8) is 0 Å². The van der Waals surface area contributed by atoms with Gasteiger partial charge >= 0.3 is 5.97 Å². The molecule has 0 aliphatic rings. The van der Waals surface area contributed by atoms with E-state index in [9.17, 15) is 9.90 Å². The van der Waals surface area contributed by atoms with E-state index in [1.165, 1.54) is 0 Å². The number of nitrogens with one attached hydrogen (secondary N) is 1. The maximum Gasteiger partial charge on any atom is 0.372 e. The molecule has 1 unspecified atom stereocenters. The number of para-hydroxylation sites is 1. The Kier molecular flexibility index (Phi) is 4.22. The molecule has 1 atom stereocenters. The number of carboxylic acid groups (broad SMARTS) is 1. The topological polar surface area (TPSA) is 62.5 Å². The van der Waals surface area contributed by atoms with Crippen molar-refractivity contribution in [2.45, 2.75) is 39.3 Å². The Hall–Kier alpha value is -1.81. The van der Waals surface area contributed by atoms with Gasteiger partial charge in [0.15, 0.2) is 0 Å². The molecule has 0 aliphatic heterocycles. The molecule has 2 aromatic rings. The van der Waals surface area contributed by atoms with Gasteiger partial charge in [-0.15, -0.1) is 0 Å². The zero-order chi connectivity index (χ0) is 13.8. The SMILES string of the molecule is CCCC(C)NCc1c(C(=O)O)oc2ccccc12. The van der Waals surface area contributed by atoms with Gasteiger partial charge in [-0.3, -0.25) is 0 Å². The molecule has 0 spiro atoms. The van der Waals surface area contributed by atoms with Gasteiger partial charge in [-0.25, -0.2) is 4.79 Å². The predicted octanol–water partition coefficient (Wildman–Crippen LogP) is 3.41. The van der Waals surface area contributed by atoms with Gasteiger partial charge in [-0.05, 0) is 19.4 Å². The molecule has 19 heavy (non-hydrogen) atoms. The highest BCUT2D eigenvalue weighted by Crippen LogP contribution is 2.26. The van der Waals surface area contributed by atoms with Crippen molar-refractivity contribution in [1.29, 1.82) is 0 Å². The highest BCUT2D eigenvalue weighted by molar-refractivity contribution is 5.95. The Morgan fingerprint density at radius 1 is 1.42 bits per heavy atom. The minimum atomic E-state index is -1.02. The monoisotopic (exact) mass is 261 g/mol. The van der Waals surface area contributed by atoms with Crippen molar-refractivity contribution in [2.75, 3.05) is 0 Å². The number of rotatable bonds is 6. The Balaban J connectivity index is 2.29. The van der Waals surface area contributed by atoms with Crippen LogP contribution in [0.3, 0.4) is 0 Å². The van der Waals surface area contributed by atoms with Crippen molar-refractivity contribution in [3.05, 3.63) is 35.6 Å². The number of carbonyl (C=O) groups is 1. The minimum absolute atomic E-state index is 0.0393. The quantitative estimate of drug-likeness (QED) is 0.836. The summed E-state index contributed by atoms with van der Waals surface area (Å²) in [5.74, 6) is -0.978. The van der Waals surface area contributed by atoms with Crippen LogP contribution in [0.1, 0.15) is 42.8 Å². The standard InChI is InChI=1S/C15H19NO3/c1-3-6-10(2)16-9-12-11-7-4-5-8-13(11)19-14(12)15(17)18/h4-5,7-8,10,16H,3,6,9H2,1-2H3,(H,17,18). The van der Waals surface area contributed by atoms with Gasteiger partial charge in [0.2, 0.25) is 5.76 Å². The summed E-state index contributed by atoms with van der Waals surface area (Å²) in [6, 6.07) is 7.78. The fourth-order valence-corrected chi connectivity index (χ4v) is 2.26. The van der Waals surface area contributed by atoms with Crippen LogP contribution in [-0.4, -0.2) is 17.1 Å². The van der Waals surface area contributed by atoms with E-state index in [2.05, 4.69) is 19.2 Å². The molecule has 4 heteroatoms. The van der Waals surface area contributed by atoms with E-state index in [0.717, 1.165) is 23.8 Å². The Bertz CT molecular complexity index is 574. The average molecular weight is 261 g/mol. The summed E-state index contributed by atoms with van der Waals surface area (Å²) in [6.07, 6.45) is 2.17. The molecule has 0 amide bonds. The number of fused-ring (bicyclic) bond motifs is 1. The van der Waals surface area contributed by atoms with Crippen LogP contribution >= 0.6 is 0 Å². The molecule has 0 saturated heterocycles. The van der Waals surface area contributed by atoms with E-state index in [1.54, 1.807) is 6.07 Å².